The molecule has 0 radical (unpaired) electrons. The van der Waals surface area contributed by atoms with Crippen LogP contribution in [0.3, 0.4) is 0 Å². The molecule has 0 amide bonds. The van der Waals surface area contributed by atoms with E-state index in [9.17, 15) is 17.2 Å². The maximum absolute atomic E-state index is 13.4. The van der Waals surface area contributed by atoms with E-state index in [4.69, 9.17) is 14.0 Å². The lowest BCUT2D eigenvalue weighted by molar-refractivity contribution is 0.374. The third-order valence-corrected chi connectivity index (χ3v) is 7.51. The molecule has 1 aliphatic rings. The van der Waals surface area contributed by atoms with Gasteiger partial charge in [0.15, 0.2) is 11.4 Å². The van der Waals surface area contributed by atoms with E-state index < -0.39 is 16.1 Å². The fraction of sp³-hybridized carbons (Fsp3) is 0.250. The van der Waals surface area contributed by atoms with Gasteiger partial charge in [-0.2, -0.15) is 13.9 Å². The van der Waals surface area contributed by atoms with E-state index in [1.807, 2.05) is 6.20 Å². The first-order valence-electron chi connectivity index (χ1n) is 11.0. The van der Waals surface area contributed by atoms with E-state index in [0.717, 1.165) is 5.56 Å². The number of benzene rings is 2. The van der Waals surface area contributed by atoms with Crippen molar-refractivity contribution in [3.05, 3.63) is 71.6 Å². The number of anilines is 1. The molecule has 4 aromatic rings. The van der Waals surface area contributed by atoms with E-state index in [1.54, 1.807) is 35.1 Å². The molecular weight excluding hydrogens is 494 g/mol. The number of fused-ring (bicyclic) bond motifs is 1. The summed E-state index contributed by atoms with van der Waals surface area (Å²) >= 11 is 0. The fourth-order valence-electron chi connectivity index (χ4n) is 4.26. The average Bonchev–Trinajstić information content (AvgIpc) is 3.47. The van der Waals surface area contributed by atoms with E-state index in [2.05, 4.69) is 15.0 Å². The average molecular weight is 517 g/mol. The summed E-state index contributed by atoms with van der Waals surface area (Å²) in [6.07, 6.45) is 2.18. The van der Waals surface area contributed by atoms with Crippen molar-refractivity contribution in [2.24, 2.45) is 0 Å². The molecular formula is C24H22F2N4O5S. The largest absolute Gasteiger partial charge is 0.496 e. The number of nitrogens with zero attached hydrogens (tertiary/aromatic N) is 3. The van der Waals surface area contributed by atoms with Crippen LogP contribution in [0.1, 0.15) is 29.9 Å². The van der Waals surface area contributed by atoms with Crippen LogP contribution in [0.25, 0.3) is 11.0 Å². The normalized spacial score (nSPS) is 15.6. The van der Waals surface area contributed by atoms with Crippen LogP contribution in [-0.2, 0) is 16.6 Å². The molecule has 0 spiro atoms. The summed E-state index contributed by atoms with van der Waals surface area (Å²) < 4.78 is 72.8. The van der Waals surface area contributed by atoms with E-state index >= 15 is 0 Å². The maximum Gasteiger partial charge on any atom is 0.269 e. The van der Waals surface area contributed by atoms with Crippen LogP contribution in [0.5, 0.6) is 11.5 Å². The Kier molecular flexibility index (Phi) is 6.12. The smallest absolute Gasteiger partial charge is 0.269 e. The number of halogens is 2. The Labute approximate surface area is 205 Å². The molecule has 0 saturated heterocycles. The molecule has 2 aromatic carbocycles. The van der Waals surface area contributed by atoms with Crippen molar-refractivity contribution in [2.45, 2.75) is 30.2 Å². The third-order valence-electron chi connectivity index (χ3n) is 6.15. The van der Waals surface area contributed by atoms with Crippen LogP contribution in [0.2, 0.25) is 0 Å². The summed E-state index contributed by atoms with van der Waals surface area (Å²) in [5.74, 6) is 0.242. The summed E-state index contributed by atoms with van der Waals surface area (Å²) in [5.41, 5.74) is 1.87. The summed E-state index contributed by atoms with van der Waals surface area (Å²) in [7, 11) is -1.37. The highest BCUT2D eigenvalue weighted by molar-refractivity contribution is 7.92. The number of sulfonamides is 1. The molecule has 1 N–H and O–H groups in total. The van der Waals surface area contributed by atoms with Crippen LogP contribution in [0.4, 0.5) is 14.6 Å². The summed E-state index contributed by atoms with van der Waals surface area (Å²) in [4.78, 5) is -0.133. The lowest BCUT2D eigenvalue weighted by Crippen LogP contribution is -2.17. The number of nitrogens with one attached hydrogen (secondary N) is 1. The second-order valence-electron chi connectivity index (χ2n) is 8.39. The first-order chi connectivity index (χ1) is 17.3. The van der Waals surface area contributed by atoms with Gasteiger partial charge in [-0.15, -0.1) is 0 Å². The minimum Gasteiger partial charge on any atom is -0.496 e. The van der Waals surface area contributed by atoms with Crippen LogP contribution in [0.15, 0.2) is 69.9 Å². The first kappa shape index (κ1) is 23.8. The highest BCUT2D eigenvalue weighted by Crippen LogP contribution is 2.45. The van der Waals surface area contributed by atoms with Gasteiger partial charge in [0.2, 0.25) is 0 Å². The van der Waals surface area contributed by atoms with Crippen molar-refractivity contribution in [3.8, 4) is 11.5 Å². The lowest BCUT2D eigenvalue weighted by Gasteiger charge is -2.29. The lowest BCUT2D eigenvalue weighted by atomic mass is 9.76. The SMILES string of the molecule is COc1ccc(C2CC(=C(F)F)C2)cc1S(=O)(=O)Nc1noc2cc(Cn3cccn3)cc(OC)c12. The van der Waals surface area contributed by atoms with E-state index in [0.29, 0.717) is 28.8 Å². The van der Waals surface area contributed by atoms with Gasteiger partial charge in [-0.3, -0.25) is 9.40 Å². The maximum atomic E-state index is 13.4. The van der Waals surface area contributed by atoms with Gasteiger partial charge in [-0.05, 0) is 65.8 Å². The topological polar surface area (TPSA) is 108 Å². The Morgan fingerprint density at radius 3 is 2.61 bits per heavy atom. The van der Waals surface area contributed by atoms with Gasteiger partial charge in [0.25, 0.3) is 16.1 Å². The molecule has 12 heteroatoms. The highest BCUT2D eigenvalue weighted by atomic mass is 32.2. The monoisotopic (exact) mass is 516 g/mol. The number of allylic oxidation sites excluding steroid dienone is 1. The van der Waals surface area contributed by atoms with Gasteiger partial charge in [0.1, 0.15) is 21.8 Å². The third kappa shape index (κ3) is 4.39. The van der Waals surface area contributed by atoms with Crippen molar-refractivity contribution in [2.75, 3.05) is 18.9 Å². The molecule has 36 heavy (non-hydrogen) atoms. The van der Waals surface area contributed by atoms with Crippen LogP contribution in [-0.4, -0.2) is 37.6 Å². The second kappa shape index (κ2) is 9.26. The Morgan fingerprint density at radius 2 is 1.94 bits per heavy atom. The number of methoxy groups -OCH3 is 2. The van der Waals surface area contributed by atoms with Crippen molar-refractivity contribution in [1.29, 1.82) is 0 Å². The second-order valence-corrected chi connectivity index (χ2v) is 10.0. The minimum absolute atomic E-state index is 0.0479. The molecule has 0 atom stereocenters. The zero-order valence-electron chi connectivity index (χ0n) is 19.4. The molecule has 0 unspecified atom stereocenters. The zero-order valence-corrected chi connectivity index (χ0v) is 20.2. The molecule has 2 aromatic heterocycles. The summed E-state index contributed by atoms with van der Waals surface area (Å²) in [6, 6.07) is 9.94. The Balaban J connectivity index is 1.47. The van der Waals surface area contributed by atoms with Crippen molar-refractivity contribution >= 4 is 26.8 Å². The van der Waals surface area contributed by atoms with Gasteiger partial charge in [-0.1, -0.05) is 11.2 Å². The van der Waals surface area contributed by atoms with Gasteiger partial charge >= 0.3 is 0 Å². The predicted molar refractivity (Wildman–Crippen MR) is 127 cm³/mol. The van der Waals surface area contributed by atoms with Gasteiger partial charge in [0, 0.05) is 12.4 Å². The molecule has 1 saturated carbocycles. The van der Waals surface area contributed by atoms with Gasteiger partial charge in [-0.25, -0.2) is 8.42 Å². The number of aromatic nitrogens is 3. The van der Waals surface area contributed by atoms with Crippen molar-refractivity contribution in [3.63, 3.8) is 0 Å². The van der Waals surface area contributed by atoms with Gasteiger partial charge in [0.05, 0.1) is 20.8 Å². The number of rotatable bonds is 8. The predicted octanol–water partition coefficient (Wildman–Crippen LogP) is 4.92. The minimum atomic E-state index is -4.19. The quantitative estimate of drug-likeness (QED) is 0.354. The van der Waals surface area contributed by atoms with Crippen LogP contribution < -0.4 is 14.2 Å². The standard InChI is InChI=1S/C24H22F2N4O5S/c1-33-18-5-4-15(16-10-17(11-16)23(25)26)12-21(18)36(31,32)29-24-22-19(34-2)8-14(9-20(22)35-28-24)13-30-7-3-6-27-30/h3-9,12,16H,10-11,13H2,1-2H3,(H,28,29). The number of hydrogen-bond donors (Lipinski definition) is 1. The van der Waals surface area contributed by atoms with Crippen LogP contribution in [0, 0.1) is 0 Å². The molecule has 1 aliphatic carbocycles. The van der Waals surface area contributed by atoms with Crippen molar-refractivity contribution in [1.82, 2.24) is 14.9 Å². The van der Waals surface area contributed by atoms with E-state index in [1.165, 1.54) is 26.4 Å². The molecule has 0 bridgehead atoms. The molecule has 1 fully saturated rings. The summed E-state index contributed by atoms with van der Waals surface area (Å²) in [5, 5.41) is 8.46. The van der Waals surface area contributed by atoms with Crippen LogP contribution >= 0.6 is 0 Å². The Bertz CT molecular complexity index is 1550. The fourth-order valence-corrected chi connectivity index (χ4v) is 5.47. The van der Waals surface area contributed by atoms with E-state index in [-0.39, 0.29) is 40.8 Å². The number of ether oxygens (including phenoxy) is 2. The Hall–Kier alpha value is -3.93. The van der Waals surface area contributed by atoms with Crippen molar-refractivity contribution < 1.29 is 31.2 Å². The molecule has 0 aliphatic heterocycles. The number of hydrogen-bond acceptors (Lipinski definition) is 7. The van der Waals surface area contributed by atoms with Gasteiger partial charge < -0.3 is 14.0 Å². The molecule has 2 heterocycles. The molecule has 5 rings (SSSR count). The highest BCUT2D eigenvalue weighted by Gasteiger charge is 2.31. The molecule has 188 valence electrons. The summed E-state index contributed by atoms with van der Waals surface area (Å²) in [6.45, 7) is 0.454. The molecule has 9 nitrogen and oxygen atoms in total. The first-order valence-corrected chi connectivity index (χ1v) is 12.4. The zero-order chi connectivity index (χ0) is 25.4. The Morgan fingerprint density at radius 1 is 1.17 bits per heavy atom.